The zero-order chi connectivity index (χ0) is 13.9. The second kappa shape index (κ2) is 6.07. The summed E-state index contributed by atoms with van der Waals surface area (Å²) in [7, 11) is 0. The minimum Gasteiger partial charge on any atom is -0.479 e. The number of hydrogen-bond acceptors (Lipinski definition) is 2. The minimum atomic E-state index is -1.15. The van der Waals surface area contributed by atoms with Gasteiger partial charge in [0.1, 0.15) is 0 Å². The van der Waals surface area contributed by atoms with Gasteiger partial charge in [-0.3, -0.25) is 4.79 Å². The maximum Gasteiger partial charge on any atom is 0.331 e. The molecule has 4 nitrogen and oxygen atoms in total. The Bertz CT molecular complexity index is 463. The molecule has 0 saturated carbocycles. The molecule has 0 aliphatic heterocycles. The van der Waals surface area contributed by atoms with Crippen molar-refractivity contribution in [2.75, 3.05) is 0 Å². The lowest BCUT2D eigenvalue weighted by molar-refractivity contribution is -0.147. The number of nitrogens with zero attached hydrogens (tertiary/aromatic N) is 1. The van der Waals surface area contributed by atoms with Crippen LogP contribution in [-0.2, 0) is 9.59 Å². The first kappa shape index (κ1) is 14.8. The highest BCUT2D eigenvalue weighted by Gasteiger charge is 2.30. The van der Waals surface area contributed by atoms with Gasteiger partial charge in [0.05, 0.1) is 0 Å². The van der Waals surface area contributed by atoms with Gasteiger partial charge in [0.15, 0.2) is 6.04 Å². The number of benzene rings is 1. The van der Waals surface area contributed by atoms with Gasteiger partial charge in [0.2, 0.25) is 6.41 Å². The Balaban J connectivity index is 3.31. The van der Waals surface area contributed by atoms with Crippen LogP contribution >= 0.6 is 23.2 Å². The van der Waals surface area contributed by atoms with Gasteiger partial charge >= 0.3 is 5.97 Å². The van der Waals surface area contributed by atoms with Crippen LogP contribution in [0.2, 0.25) is 10.0 Å². The molecule has 0 bridgehead atoms. The molecule has 6 heteroatoms. The predicted octanol–water partition coefficient (Wildman–Crippen LogP) is 2.99. The van der Waals surface area contributed by atoms with Crippen LogP contribution in [0.15, 0.2) is 18.2 Å². The van der Waals surface area contributed by atoms with E-state index >= 15 is 0 Å². The number of carboxylic acid groups (broad SMARTS) is 1. The van der Waals surface area contributed by atoms with Crippen molar-refractivity contribution in [3.05, 3.63) is 33.8 Å². The molecule has 0 saturated heterocycles. The number of carbonyl (C=O) groups is 2. The standard InChI is InChI=1S/C12H13Cl2NO3/c1-7(2)15(6-16)11(12(17)18)9-5-8(13)3-4-10(9)14/h3-7,11H,1-2H3,(H,17,18). The van der Waals surface area contributed by atoms with Crippen LogP contribution in [0.3, 0.4) is 0 Å². The van der Waals surface area contributed by atoms with Crippen molar-refractivity contribution >= 4 is 35.6 Å². The maximum atomic E-state index is 11.4. The zero-order valence-corrected chi connectivity index (χ0v) is 11.4. The van der Waals surface area contributed by atoms with E-state index in [4.69, 9.17) is 23.2 Å². The molecule has 1 N–H and O–H groups in total. The van der Waals surface area contributed by atoms with Gasteiger partial charge in [-0.1, -0.05) is 23.2 Å². The van der Waals surface area contributed by atoms with E-state index in [1.807, 2.05) is 0 Å². The van der Waals surface area contributed by atoms with Crippen LogP contribution in [0, 0.1) is 0 Å². The Morgan fingerprint density at radius 1 is 1.39 bits per heavy atom. The Morgan fingerprint density at radius 3 is 2.44 bits per heavy atom. The Hall–Kier alpha value is -1.26. The van der Waals surface area contributed by atoms with Gasteiger partial charge in [-0.15, -0.1) is 0 Å². The van der Waals surface area contributed by atoms with E-state index in [9.17, 15) is 14.7 Å². The van der Waals surface area contributed by atoms with Crippen LogP contribution in [0.25, 0.3) is 0 Å². The first-order valence-electron chi connectivity index (χ1n) is 5.29. The quantitative estimate of drug-likeness (QED) is 0.848. The molecular formula is C12H13Cl2NO3. The molecule has 0 aliphatic carbocycles. The van der Waals surface area contributed by atoms with E-state index in [-0.39, 0.29) is 11.1 Å². The van der Waals surface area contributed by atoms with Crippen molar-refractivity contribution in [1.82, 2.24) is 4.90 Å². The SMILES string of the molecule is CC(C)N(C=O)C(C(=O)O)c1cc(Cl)ccc1Cl. The summed E-state index contributed by atoms with van der Waals surface area (Å²) in [5.74, 6) is -1.15. The third-order valence-electron chi connectivity index (χ3n) is 2.50. The van der Waals surface area contributed by atoms with Crippen LogP contribution in [0.5, 0.6) is 0 Å². The van der Waals surface area contributed by atoms with Crippen molar-refractivity contribution in [2.45, 2.75) is 25.9 Å². The van der Waals surface area contributed by atoms with Crippen molar-refractivity contribution < 1.29 is 14.7 Å². The van der Waals surface area contributed by atoms with Gasteiger partial charge in [0, 0.05) is 21.7 Å². The molecule has 1 rings (SSSR count). The van der Waals surface area contributed by atoms with Gasteiger partial charge in [-0.05, 0) is 32.0 Å². The molecule has 0 aromatic heterocycles. The fourth-order valence-corrected chi connectivity index (χ4v) is 2.03. The van der Waals surface area contributed by atoms with Crippen molar-refractivity contribution in [3.8, 4) is 0 Å². The lowest BCUT2D eigenvalue weighted by atomic mass is 10.0. The largest absolute Gasteiger partial charge is 0.479 e. The lowest BCUT2D eigenvalue weighted by Crippen LogP contribution is -2.38. The Labute approximate surface area is 115 Å². The van der Waals surface area contributed by atoms with E-state index in [0.717, 1.165) is 0 Å². The molecule has 0 radical (unpaired) electrons. The summed E-state index contributed by atoms with van der Waals surface area (Å²) >= 11 is 11.8. The molecule has 0 heterocycles. The highest BCUT2D eigenvalue weighted by molar-refractivity contribution is 6.33. The molecule has 0 fully saturated rings. The predicted molar refractivity (Wildman–Crippen MR) is 69.9 cm³/mol. The molecule has 1 aromatic rings. The summed E-state index contributed by atoms with van der Waals surface area (Å²) in [4.78, 5) is 23.6. The zero-order valence-electron chi connectivity index (χ0n) is 9.93. The average Bonchev–Trinajstić information content (AvgIpc) is 2.28. The second-order valence-corrected chi connectivity index (χ2v) is 4.90. The van der Waals surface area contributed by atoms with E-state index in [1.165, 1.54) is 17.0 Å². The topological polar surface area (TPSA) is 57.6 Å². The maximum absolute atomic E-state index is 11.4. The van der Waals surface area contributed by atoms with Crippen LogP contribution in [-0.4, -0.2) is 28.4 Å². The molecule has 0 spiro atoms. The Kier molecular flexibility index (Phi) is 4.99. The number of hydrogen-bond donors (Lipinski definition) is 1. The summed E-state index contributed by atoms with van der Waals surface area (Å²) < 4.78 is 0. The van der Waals surface area contributed by atoms with Gasteiger partial charge in [0.25, 0.3) is 0 Å². The van der Waals surface area contributed by atoms with Gasteiger partial charge < -0.3 is 10.0 Å². The number of amides is 1. The molecule has 1 atom stereocenters. The third-order valence-corrected chi connectivity index (χ3v) is 3.08. The summed E-state index contributed by atoms with van der Waals surface area (Å²) in [5.41, 5.74) is 0.303. The van der Waals surface area contributed by atoms with Gasteiger partial charge in [-0.25, -0.2) is 4.79 Å². The van der Waals surface area contributed by atoms with E-state index < -0.39 is 12.0 Å². The molecule has 0 aliphatic rings. The Morgan fingerprint density at radius 2 is 2.00 bits per heavy atom. The molecule has 1 aromatic carbocycles. The van der Waals surface area contributed by atoms with E-state index in [2.05, 4.69) is 0 Å². The molecular weight excluding hydrogens is 277 g/mol. The van der Waals surface area contributed by atoms with Crippen molar-refractivity contribution in [3.63, 3.8) is 0 Å². The average molecular weight is 290 g/mol. The highest BCUT2D eigenvalue weighted by Crippen LogP contribution is 2.30. The number of rotatable bonds is 5. The molecule has 1 amide bonds. The van der Waals surface area contributed by atoms with Crippen molar-refractivity contribution in [1.29, 1.82) is 0 Å². The fraction of sp³-hybridized carbons (Fsp3) is 0.333. The number of carboxylic acids is 1. The van der Waals surface area contributed by atoms with E-state index in [1.54, 1.807) is 19.9 Å². The summed E-state index contributed by atoms with van der Waals surface area (Å²) in [5, 5.41) is 9.92. The molecule has 18 heavy (non-hydrogen) atoms. The molecule has 98 valence electrons. The van der Waals surface area contributed by atoms with Crippen LogP contribution in [0.4, 0.5) is 0 Å². The second-order valence-electron chi connectivity index (χ2n) is 4.05. The number of halogens is 2. The van der Waals surface area contributed by atoms with Crippen LogP contribution in [0.1, 0.15) is 25.5 Å². The van der Waals surface area contributed by atoms with Gasteiger partial charge in [-0.2, -0.15) is 0 Å². The number of carbonyl (C=O) groups excluding carboxylic acids is 1. The lowest BCUT2D eigenvalue weighted by Gasteiger charge is -2.29. The summed E-state index contributed by atoms with van der Waals surface area (Å²) in [6.07, 6.45) is 0.501. The fourth-order valence-electron chi connectivity index (χ4n) is 1.63. The summed E-state index contributed by atoms with van der Waals surface area (Å²) in [6, 6.07) is 3.12. The third kappa shape index (κ3) is 3.15. The highest BCUT2D eigenvalue weighted by atomic mass is 35.5. The van der Waals surface area contributed by atoms with Crippen molar-refractivity contribution in [2.24, 2.45) is 0 Å². The first-order valence-corrected chi connectivity index (χ1v) is 6.04. The monoisotopic (exact) mass is 289 g/mol. The normalized spacial score (nSPS) is 12.3. The first-order chi connectivity index (χ1) is 8.38. The molecule has 1 unspecified atom stereocenters. The smallest absolute Gasteiger partial charge is 0.331 e. The van der Waals surface area contributed by atoms with Crippen LogP contribution < -0.4 is 0 Å². The minimum absolute atomic E-state index is 0.263. The van der Waals surface area contributed by atoms with E-state index in [0.29, 0.717) is 17.0 Å². The summed E-state index contributed by atoms with van der Waals surface area (Å²) in [6.45, 7) is 3.45. The number of aliphatic carboxylic acids is 1.